The van der Waals surface area contributed by atoms with Crippen molar-refractivity contribution in [3.05, 3.63) is 18.5 Å². The molecule has 2 unspecified atom stereocenters. The molecule has 2 heterocycles. The fourth-order valence-electron chi connectivity index (χ4n) is 3.47. The van der Waals surface area contributed by atoms with Gasteiger partial charge in [-0.25, -0.2) is 15.0 Å². The summed E-state index contributed by atoms with van der Waals surface area (Å²) in [5.74, 6) is 1.43. The standard InChI is InChI=1S/C18H30N6O/c1-13(2)25-15-12-14(18(15,3)4)22-16(19)23-8-10-24(11-9-23)17-20-6-5-7-21-17/h5-7,13-15H,8-12H2,1-4H3,(H2,19,22). The van der Waals surface area contributed by atoms with E-state index >= 15 is 0 Å². The summed E-state index contributed by atoms with van der Waals surface area (Å²) in [6, 6.07) is 2.06. The predicted molar refractivity (Wildman–Crippen MR) is 99.6 cm³/mol. The lowest BCUT2D eigenvalue weighted by atomic mass is 9.64. The van der Waals surface area contributed by atoms with Crippen LogP contribution in [0.5, 0.6) is 0 Å². The number of piperazine rings is 1. The maximum absolute atomic E-state index is 6.30. The van der Waals surface area contributed by atoms with E-state index in [-0.39, 0.29) is 23.7 Å². The molecule has 2 N–H and O–H groups in total. The first-order valence-electron chi connectivity index (χ1n) is 9.13. The van der Waals surface area contributed by atoms with Crippen molar-refractivity contribution in [1.29, 1.82) is 0 Å². The second kappa shape index (κ2) is 7.15. The van der Waals surface area contributed by atoms with Crippen molar-refractivity contribution in [3.8, 4) is 0 Å². The van der Waals surface area contributed by atoms with Gasteiger partial charge in [-0.05, 0) is 26.3 Å². The molecule has 1 saturated carbocycles. The van der Waals surface area contributed by atoms with Crippen LogP contribution in [0.1, 0.15) is 34.1 Å². The van der Waals surface area contributed by atoms with Gasteiger partial charge in [-0.2, -0.15) is 0 Å². The molecule has 2 aliphatic rings. The summed E-state index contributed by atoms with van der Waals surface area (Å²) < 4.78 is 5.98. The Bertz CT molecular complexity index is 595. The fraction of sp³-hybridized carbons (Fsp3) is 0.722. The highest BCUT2D eigenvalue weighted by Crippen LogP contribution is 2.45. The van der Waals surface area contributed by atoms with Gasteiger partial charge in [-0.15, -0.1) is 0 Å². The first-order valence-corrected chi connectivity index (χ1v) is 9.13. The molecule has 7 nitrogen and oxygen atoms in total. The summed E-state index contributed by atoms with van der Waals surface area (Å²) >= 11 is 0. The summed E-state index contributed by atoms with van der Waals surface area (Å²) in [5, 5.41) is 0. The summed E-state index contributed by atoms with van der Waals surface area (Å²) in [7, 11) is 0. The molecule has 7 heteroatoms. The number of ether oxygens (including phenoxy) is 1. The maximum atomic E-state index is 6.30. The monoisotopic (exact) mass is 346 g/mol. The first kappa shape index (κ1) is 17.9. The van der Waals surface area contributed by atoms with Gasteiger partial charge in [0.05, 0.1) is 18.2 Å². The molecule has 3 rings (SSSR count). The number of hydrogen-bond donors (Lipinski definition) is 1. The van der Waals surface area contributed by atoms with Crippen LogP contribution in [0.25, 0.3) is 0 Å². The molecule has 0 aromatic carbocycles. The van der Waals surface area contributed by atoms with Crippen LogP contribution in [-0.4, -0.2) is 65.3 Å². The van der Waals surface area contributed by atoms with Gasteiger partial charge < -0.3 is 20.3 Å². The molecular weight excluding hydrogens is 316 g/mol. The van der Waals surface area contributed by atoms with Crippen molar-refractivity contribution in [2.24, 2.45) is 16.1 Å². The highest BCUT2D eigenvalue weighted by Gasteiger charge is 2.49. The zero-order valence-electron chi connectivity index (χ0n) is 15.7. The molecule has 0 radical (unpaired) electrons. The zero-order chi connectivity index (χ0) is 18.0. The average Bonchev–Trinajstić information content (AvgIpc) is 2.61. The Labute approximate surface area is 150 Å². The van der Waals surface area contributed by atoms with Crippen molar-refractivity contribution < 1.29 is 4.74 Å². The Hall–Kier alpha value is -1.89. The zero-order valence-corrected chi connectivity index (χ0v) is 15.7. The number of rotatable bonds is 4. The van der Waals surface area contributed by atoms with Crippen LogP contribution in [0.3, 0.4) is 0 Å². The smallest absolute Gasteiger partial charge is 0.225 e. The van der Waals surface area contributed by atoms with Crippen LogP contribution in [0.2, 0.25) is 0 Å². The van der Waals surface area contributed by atoms with E-state index in [1.165, 1.54) is 0 Å². The van der Waals surface area contributed by atoms with Gasteiger partial charge in [-0.1, -0.05) is 13.8 Å². The van der Waals surface area contributed by atoms with Gasteiger partial charge in [-0.3, -0.25) is 0 Å². The highest BCUT2D eigenvalue weighted by molar-refractivity contribution is 5.78. The molecule has 1 aromatic heterocycles. The van der Waals surface area contributed by atoms with Crippen molar-refractivity contribution in [1.82, 2.24) is 14.9 Å². The van der Waals surface area contributed by atoms with Crippen LogP contribution in [0.15, 0.2) is 23.5 Å². The Morgan fingerprint density at radius 2 is 1.88 bits per heavy atom. The van der Waals surface area contributed by atoms with E-state index in [4.69, 9.17) is 15.5 Å². The molecule has 1 aliphatic heterocycles. The summed E-state index contributed by atoms with van der Waals surface area (Å²) in [5.41, 5.74) is 6.33. The lowest BCUT2D eigenvalue weighted by molar-refractivity contribution is -0.129. The number of hydrogen-bond acceptors (Lipinski definition) is 5. The van der Waals surface area contributed by atoms with Gasteiger partial charge in [0, 0.05) is 44.0 Å². The van der Waals surface area contributed by atoms with E-state index in [2.05, 4.69) is 47.5 Å². The Morgan fingerprint density at radius 1 is 1.24 bits per heavy atom. The number of anilines is 1. The number of nitrogens with two attached hydrogens (primary N) is 1. The predicted octanol–water partition coefficient (Wildman–Crippen LogP) is 1.51. The third kappa shape index (κ3) is 3.86. The molecular formula is C18H30N6O. The lowest BCUT2D eigenvalue weighted by Gasteiger charge is -2.50. The molecule has 1 saturated heterocycles. The number of guanidine groups is 1. The number of nitrogens with zero attached hydrogens (tertiary/aromatic N) is 5. The van der Waals surface area contributed by atoms with E-state index in [9.17, 15) is 0 Å². The average molecular weight is 346 g/mol. The third-order valence-electron chi connectivity index (χ3n) is 5.29. The highest BCUT2D eigenvalue weighted by atomic mass is 16.5. The van der Waals surface area contributed by atoms with E-state index in [0.717, 1.165) is 38.5 Å². The minimum Gasteiger partial charge on any atom is -0.375 e. The van der Waals surface area contributed by atoms with Gasteiger partial charge >= 0.3 is 0 Å². The largest absolute Gasteiger partial charge is 0.375 e. The normalized spacial score (nSPS) is 26.7. The Balaban J connectivity index is 1.54. The summed E-state index contributed by atoms with van der Waals surface area (Å²) in [6.45, 7) is 12.0. The van der Waals surface area contributed by atoms with Gasteiger partial charge in [0.25, 0.3) is 0 Å². The van der Waals surface area contributed by atoms with Crippen LogP contribution in [0, 0.1) is 5.41 Å². The second-order valence-corrected chi connectivity index (χ2v) is 7.76. The minimum absolute atomic E-state index is 0.0363. The third-order valence-corrected chi connectivity index (χ3v) is 5.29. The van der Waals surface area contributed by atoms with Gasteiger partial charge in [0.2, 0.25) is 5.95 Å². The number of aromatic nitrogens is 2. The Kier molecular flexibility index (Phi) is 5.13. The van der Waals surface area contributed by atoms with Crippen LogP contribution >= 0.6 is 0 Å². The lowest BCUT2D eigenvalue weighted by Crippen LogP contribution is -2.57. The van der Waals surface area contributed by atoms with E-state index in [1.54, 1.807) is 12.4 Å². The van der Waals surface area contributed by atoms with Crippen molar-refractivity contribution >= 4 is 11.9 Å². The Morgan fingerprint density at radius 3 is 2.44 bits per heavy atom. The maximum Gasteiger partial charge on any atom is 0.225 e. The fourth-order valence-corrected chi connectivity index (χ4v) is 3.47. The quantitative estimate of drug-likeness (QED) is 0.657. The molecule has 138 valence electrons. The van der Waals surface area contributed by atoms with Crippen LogP contribution in [-0.2, 0) is 4.74 Å². The van der Waals surface area contributed by atoms with Crippen molar-refractivity contribution in [3.63, 3.8) is 0 Å². The van der Waals surface area contributed by atoms with Crippen molar-refractivity contribution in [2.75, 3.05) is 31.1 Å². The molecule has 25 heavy (non-hydrogen) atoms. The van der Waals surface area contributed by atoms with E-state index in [0.29, 0.717) is 5.96 Å². The molecule has 1 aliphatic carbocycles. The van der Waals surface area contributed by atoms with Crippen LogP contribution < -0.4 is 10.6 Å². The first-order chi connectivity index (χ1) is 11.9. The van der Waals surface area contributed by atoms with E-state index < -0.39 is 0 Å². The minimum atomic E-state index is 0.0363. The van der Waals surface area contributed by atoms with Crippen LogP contribution in [0.4, 0.5) is 5.95 Å². The molecule has 2 fully saturated rings. The topological polar surface area (TPSA) is 79.9 Å². The SMILES string of the molecule is CC(C)OC1CC(N=C(N)N2CCN(c3ncccn3)CC2)C1(C)C. The summed E-state index contributed by atoms with van der Waals surface area (Å²) in [6.07, 6.45) is 5.02. The van der Waals surface area contributed by atoms with Gasteiger partial charge in [0.1, 0.15) is 0 Å². The summed E-state index contributed by atoms with van der Waals surface area (Å²) in [4.78, 5) is 17.8. The van der Waals surface area contributed by atoms with Gasteiger partial charge in [0.15, 0.2) is 5.96 Å². The second-order valence-electron chi connectivity index (χ2n) is 7.76. The molecule has 0 spiro atoms. The molecule has 0 amide bonds. The molecule has 2 atom stereocenters. The van der Waals surface area contributed by atoms with Crippen molar-refractivity contribution in [2.45, 2.75) is 52.4 Å². The molecule has 1 aromatic rings. The number of aliphatic imine (C=N–C) groups is 1. The molecule has 0 bridgehead atoms. The van der Waals surface area contributed by atoms with E-state index in [1.807, 2.05) is 6.07 Å².